The SMILES string of the molecule is Fc1cc(-c2noc(Cl)n2)cc(F)c1F. The zero-order valence-electron chi connectivity index (χ0n) is 6.97. The first-order valence-electron chi connectivity index (χ1n) is 3.72. The van der Waals surface area contributed by atoms with E-state index in [9.17, 15) is 13.2 Å². The summed E-state index contributed by atoms with van der Waals surface area (Å²) in [5.74, 6) is -4.32. The Hall–Kier alpha value is -1.56. The van der Waals surface area contributed by atoms with E-state index in [1.165, 1.54) is 0 Å². The van der Waals surface area contributed by atoms with E-state index < -0.39 is 17.5 Å². The van der Waals surface area contributed by atoms with Crippen molar-refractivity contribution in [1.82, 2.24) is 10.1 Å². The maximum absolute atomic E-state index is 12.8. The molecule has 2 rings (SSSR count). The Morgan fingerprint density at radius 3 is 2.20 bits per heavy atom. The molecule has 0 unspecified atom stereocenters. The third-order valence-electron chi connectivity index (χ3n) is 1.64. The minimum absolute atomic E-state index is 0.0537. The van der Waals surface area contributed by atoms with Gasteiger partial charge in [0.15, 0.2) is 17.5 Å². The van der Waals surface area contributed by atoms with Crippen LogP contribution in [-0.4, -0.2) is 10.1 Å². The van der Waals surface area contributed by atoms with Gasteiger partial charge in [0.05, 0.1) is 0 Å². The summed E-state index contributed by atoms with van der Waals surface area (Å²) in [7, 11) is 0. The van der Waals surface area contributed by atoms with Crippen molar-refractivity contribution in [3.05, 3.63) is 34.9 Å². The van der Waals surface area contributed by atoms with Gasteiger partial charge in [-0.15, -0.1) is 0 Å². The van der Waals surface area contributed by atoms with Crippen molar-refractivity contribution in [2.75, 3.05) is 0 Å². The van der Waals surface area contributed by atoms with Crippen LogP contribution in [-0.2, 0) is 0 Å². The predicted molar refractivity (Wildman–Crippen MR) is 44.6 cm³/mol. The maximum atomic E-state index is 12.8. The Morgan fingerprint density at radius 2 is 1.73 bits per heavy atom. The maximum Gasteiger partial charge on any atom is 0.320 e. The van der Waals surface area contributed by atoms with Crippen LogP contribution < -0.4 is 0 Å². The summed E-state index contributed by atoms with van der Waals surface area (Å²) >= 11 is 5.32. The molecule has 0 fully saturated rings. The fourth-order valence-corrected chi connectivity index (χ4v) is 1.12. The van der Waals surface area contributed by atoms with Gasteiger partial charge in [0.1, 0.15) is 0 Å². The Labute approximate surface area is 86.5 Å². The Bertz CT molecular complexity index is 491. The Morgan fingerprint density at radius 1 is 1.13 bits per heavy atom. The fraction of sp³-hybridized carbons (Fsp3) is 0. The number of hydrogen-bond donors (Lipinski definition) is 0. The lowest BCUT2D eigenvalue weighted by Gasteiger charge is -1.97. The minimum Gasteiger partial charge on any atom is -0.321 e. The van der Waals surface area contributed by atoms with Gasteiger partial charge in [-0.25, -0.2) is 13.2 Å². The summed E-state index contributed by atoms with van der Waals surface area (Å²) in [6, 6.07) is 1.50. The van der Waals surface area contributed by atoms with Crippen molar-refractivity contribution >= 4 is 11.6 Å². The first-order valence-corrected chi connectivity index (χ1v) is 4.10. The molecule has 0 aliphatic heterocycles. The predicted octanol–water partition coefficient (Wildman–Crippen LogP) is 2.81. The van der Waals surface area contributed by atoms with Crippen molar-refractivity contribution in [2.45, 2.75) is 0 Å². The molecular weight excluding hydrogens is 233 g/mol. The van der Waals surface area contributed by atoms with Gasteiger partial charge >= 0.3 is 5.35 Å². The smallest absolute Gasteiger partial charge is 0.320 e. The largest absolute Gasteiger partial charge is 0.321 e. The summed E-state index contributed by atoms with van der Waals surface area (Å²) in [6.45, 7) is 0. The van der Waals surface area contributed by atoms with E-state index in [1.54, 1.807) is 0 Å². The topological polar surface area (TPSA) is 38.9 Å². The monoisotopic (exact) mass is 234 g/mol. The van der Waals surface area contributed by atoms with E-state index in [1.807, 2.05) is 0 Å². The number of halogens is 4. The van der Waals surface area contributed by atoms with Gasteiger partial charge in [-0.05, 0) is 23.7 Å². The van der Waals surface area contributed by atoms with Crippen molar-refractivity contribution < 1.29 is 17.7 Å². The highest BCUT2D eigenvalue weighted by Gasteiger charge is 2.14. The molecule has 0 N–H and O–H groups in total. The Kier molecular flexibility index (Phi) is 2.36. The van der Waals surface area contributed by atoms with Crippen LogP contribution >= 0.6 is 11.6 Å². The van der Waals surface area contributed by atoms with E-state index in [-0.39, 0.29) is 16.7 Å². The molecule has 0 saturated carbocycles. The first kappa shape index (κ1) is 9.97. The van der Waals surface area contributed by atoms with Gasteiger partial charge in [-0.2, -0.15) is 4.98 Å². The second-order valence-electron chi connectivity index (χ2n) is 2.62. The van der Waals surface area contributed by atoms with Crippen LogP contribution in [0.5, 0.6) is 0 Å². The number of rotatable bonds is 1. The molecule has 1 heterocycles. The number of nitrogens with zero attached hydrogens (tertiary/aromatic N) is 2. The molecule has 2 aromatic rings. The van der Waals surface area contributed by atoms with Crippen LogP contribution in [0.2, 0.25) is 5.35 Å². The molecule has 0 radical (unpaired) electrons. The third kappa shape index (κ3) is 1.80. The van der Waals surface area contributed by atoms with Gasteiger partial charge in [0.25, 0.3) is 0 Å². The highest BCUT2D eigenvalue weighted by Crippen LogP contribution is 2.22. The van der Waals surface area contributed by atoms with Gasteiger partial charge in [-0.3, -0.25) is 0 Å². The lowest BCUT2D eigenvalue weighted by molar-refractivity contribution is 0.420. The normalized spacial score (nSPS) is 10.7. The van der Waals surface area contributed by atoms with Crippen molar-refractivity contribution in [3.63, 3.8) is 0 Å². The molecule has 0 bridgehead atoms. The standard InChI is InChI=1S/C8H2ClF3N2O/c9-8-13-7(14-15-8)3-1-4(10)6(12)5(11)2-3/h1-2H. The molecule has 0 aliphatic carbocycles. The molecule has 0 amide bonds. The first-order chi connectivity index (χ1) is 7.08. The van der Waals surface area contributed by atoms with Crippen molar-refractivity contribution in [3.8, 4) is 11.4 Å². The van der Waals surface area contributed by atoms with Crippen LogP contribution in [0.15, 0.2) is 16.7 Å². The van der Waals surface area contributed by atoms with E-state index >= 15 is 0 Å². The summed E-state index contributed by atoms with van der Waals surface area (Å²) < 4.78 is 42.6. The molecule has 0 aliphatic rings. The number of aromatic nitrogens is 2. The average molecular weight is 235 g/mol. The quantitative estimate of drug-likeness (QED) is 0.712. The third-order valence-corrected chi connectivity index (χ3v) is 1.80. The lowest BCUT2D eigenvalue weighted by Crippen LogP contribution is -1.92. The average Bonchev–Trinajstić information content (AvgIpc) is 2.60. The molecule has 0 atom stereocenters. The van der Waals surface area contributed by atoms with E-state index in [2.05, 4.69) is 14.7 Å². The summed E-state index contributed by atoms with van der Waals surface area (Å²) in [5.41, 5.74) is -0.0537. The lowest BCUT2D eigenvalue weighted by atomic mass is 10.2. The second-order valence-corrected chi connectivity index (χ2v) is 2.95. The highest BCUT2D eigenvalue weighted by atomic mass is 35.5. The van der Waals surface area contributed by atoms with Crippen LogP contribution in [0.4, 0.5) is 13.2 Å². The highest BCUT2D eigenvalue weighted by molar-refractivity contribution is 6.27. The molecule has 15 heavy (non-hydrogen) atoms. The number of benzene rings is 1. The van der Waals surface area contributed by atoms with E-state index in [0.29, 0.717) is 0 Å². The molecule has 0 spiro atoms. The summed E-state index contributed by atoms with van der Waals surface area (Å²) in [5, 5.41) is 3.06. The summed E-state index contributed by atoms with van der Waals surface area (Å²) in [6.07, 6.45) is 0. The van der Waals surface area contributed by atoms with E-state index in [0.717, 1.165) is 12.1 Å². The van der Waals surface area contributed by atoms with Gasteiger partial charge in [-0.1, -0.05) is 5.16 Å². The molecule has 78 valence electrons. The van der Waals surface area contributed by atoms with Crippen LogP contribution in [0.25, 0.3) is 11.4 Å². The molecule has 3 nitrogen and oxygen atoms in total. The molecule has 0 saturated heterocycles. The van der Waals surface area contributed by atoms with E-state index in [4.69, 9.17) is 11.6 Å². The fourth-order valence-electron chi connectivity index (χ4n) is 1.01. The van der Waals surface area contributed by atoms with Crippen molar-refractivity contribution in [2.24, 2.45) is 0 Å². The van der Waals surface area contributed by atoms with Crippen molar-refractivity contribution in [1.29, 1.82) is 0 Å². The van der Waals surface area contributed by atoms with Gasteiger partial charge in [0.2, 0.25) is 5.82 Å². The molecule has 1 aromatic carbocycles. The molecular formula is C8H2ClF3N2O. The molecule has 1 aromatic heterocycles. The minimum atomic E-state index is -1.55. The van der Waals surface area contributed by atoms with Gasteiger partial charge in [0, 0.05) is 5.56 Å². The second kappa shape index (κ2) is 3.54. The van der Waals surface area contributed by atoms with Crippen LogP contribution in [0, 0.1) is 17.5 Å². The zero-order chi connectivity index (χ0) is 11.0. The van der Waals surface area contributed by atoms with Crippen LogP contribution in [0.3, 0.4) is 0 Å². The number of hydrogen-bond acceptors (Lipinski definition) is 3. The zero-order valence-corrected chi connectivity index (χ0v) is 7.73. The van der Waals surface area contributed by atoms with Crippen LogP contribution in [0.1, 0.15) is 0 Å². The summed E-state index contributed by atoms with van der Waals surface area (Å²) in [4.78, 5) is 3.52. The molecule has 7 heteroatoms. The van der Waals surface area contributed by atoms with Gasteiger partial charge < -0.3 is 4.52 Å². The Balaban J connectivity index is 2.55.